The average Bonchev–Trinajstić information content (AvgIpc) is 2.99. The van der Waals surface area contributed by atoms with E-state index in [2.05, 4.69) is 20.3 Å². The van der Waals surface area contributed by atoms with Gasteiger partial charge in [0.05, 0.1) is 6.04 Å². The van der Waals surface area contributed by atoms with Crippen molar-refractivity contribution in [3.8, 4) is 11.4 Å². The Morgan fingerprint density at radius 1 is 1.42 bits per heavy atom. The summed E-state index contributed by atoms with van der Waals surface area (Å²) >= 11 is 1.38. The van der Waals surface area contributed by atoms with Crippen LogP contribution in [0.1, 0.15) is 17.5 Å². The predicted molar refractivity (Wildman–Crippen MR) is 70.5 cm³/mol. The van der Waals surface area contributed by atoms with E-state index in [9.17, 15) is 0 Å². The number of fused-ring (bicyclic) bond motifs is 1. The first-order chi connectivity index (χ1) is 9.29. The van der Waals surface area contributed by atoms with Gasteiger partial charge < -0.3 is 10.8 Å². The fraction of sp³-hybridized carbons (Fsp3) is 0.273. The van der Waals surface area contributed by atoms with Gasteiger partial charge in [0.15, 0.2) is 5.82 Å². The first-order valence-electron chi connectivity index (χ1n) is 5.78. The molecule has 8 heteroatoms. The lowest BCUT2D eigenvalue weighted by Crippen LogP contribution is -2.12. The normalized spacial score (nSPS) is 12.9. The SMILES string of the molecule is NC(CCO)c1nn2c(-c3cccnc3)nnc2s1. The zero-order valence-corrected chi connectivity index (χ0v) is 10.8. The van der Waals surface area contributed by atoms with Gasteiger partial charge in [0.25, 0.3) is 0 Å². The standard InChI is InChI=1S/C11H12N6OS/c12-8(3-5-18)10-16-17-9(14-15-11(17)19-10)7-2-1-4-13-6-7/h1-2,4,6,8,18H,3,5,12H2. The van der Waals surface area contributed by atoms with Crippen molar-refractivity contribution in [1.82, 2.24) is 24.8 Å². The van der Waals surface area contributed by atoms with E-state index in [-0.39, 0.29) is 12.6 Å². The average molecular weight is 276 g/mol. The molecule has 0 aliphatic carbocycles. The summed E-state index contributed by atoms with van der Waals surface area (Å²) in [5.74, 6) is 0.641. The lowest BCUT2D eigenvalue weighted by molar-refractivity contribution is 0.276. The van der Waals surface area contributed by atoms with Gasteiger partial charge in [-0.1, -0.05) is 11.3 Å². The number of aromatic nitrogens is 5. The highest BCUT2D eigenvalue weighted by Gasteiger charge is 2.16. The highest BCUT2D eigenvalue weighted by molar-refractivity contribution is 7.16. The van der Waals surface area contributed by atoms with Crippen LogP contribution < -0.4 is 5.73 Å². The minimum absolute atomic E-state index is 0.0385. The maximum Gasteiger partial charge on any atom is 0.235 e. The summed E-state index contributed by atoms with van der Waals surface area (Å²) in [6.45, 7) is 0.0385. The van der Waals surface area contributed by atoms with Crippen LogP contribution in [-0.4, -0.2) is 36.5 Å². The Bertz CT molecular complexity index is 679. The molecule has 0 amide bonds. The number of aliphatic hydroxyl groups excluding tert-OH is 1. The Kier molecular flexibility index (Phi) is 3.20. The summed E-state index contributed by atoms with van der Waals surface area (Å²) in [4.78, 5) is 4.74. The number of nitrogens with two attached hydrogens (primary N) is 1. The van der Waals surface area contributed by atoms with Gasteiger partial charge in [-0.25, -0.2) is 0 Å². The van der Waals surface area contributed by atoms with E-state index < -0.39 is 0 Å². The molecular weight excluding hydrogens is 264 g/mol. The van der Waals surface area contributed by atoms with E-state index in [1.807, 2.05) is 12.1 Å². The Labute approximate surface area is 112 Å². The quantitative estimate of drug-likeness (QED) is 0.724. The molecule has 1 atom stereocenters. The van der Waals surface area contributed by atoms with Crippen LogP contribution in [0.4, 0.5) is 0 Å². The maximum atomic E-state index is 8.91. The molecular formula is C11H12N6OS. The van der Waals surface area contributed by atoms with Gasteiger partial charge in [0.1, 0.15) is 5.01 Å². The van der Waals surface area contributed by atoms with Crippen LogP contribution in [0, 0.1) is 0 Å². The van der Waals surface area contributed by atoms with Crippen molar-refractivity contribution in [3.63, 3.8) is 0 Å². The molecule has 0 saturated carbocycles. The molecule has 0 spiro atoms. The summed E-state index contributed by atoms with van der Waals surface area (Å²) in [5, 5.41) is 22.2. The van der Waals surface area contributed by atoms with Gasteiger partial charge in [0.2, 0.25) is 4.96 Å². The highest BCUT2D eigenvalue weighted by Crippen LogP contribution is 2.24. The molecule has 0 fully saturated rings. The molecule has 0 radical (unpaired) electrons. The highest BCUT2D eigenvalue weighted by atomic mass is 32.1. The van der Waals surface area contributed by atoms with Gasteiger partial charge >= 0.3 is 0 Å². The van der Waals surface area contributed by atoms with E-state index in [0.717, 1.165) is 10.6 Å². The Balaban J connectivity index is 2.03. The summed E-state index contributed by atoms with van der Waals surface area (Å²) < 4.78 is 1.66. The van der Waals surface area contributed by atoms with Gasteiger partial charge in [-0.05, 0) is 18.6 Å². The maximum absolute atomic E-state index is 8.91. The second-order valence-corrected chi connectivity index (χ2v) is 5.01. The first-order valence-corrected chi connectivity index (χ1v) is 6.60. The molecule has 0 aliphatic rings. The number of hydrogen-bond donors (Lipinski definition) is 2. The summed E-state index contributed by atoms with van der Waals surface area (Å²) in [7, 11) is 0. The van der Waals surface area contributed by atoms with Crippen LogP contribution >= 0.6 is 11.3 Å². The largest absolute Gasteiger partial charge is 0.396 e. The van der Waals surface area contributed by atoms with Gasteiger partial charge in [-0.15, -0.1) is 10.2 Å². The van der Waals surface area contributed by atoms with Crippen LogP contribution in [0.15, 0.2) is 24.5 Å². The van der Waals surface area contributed by atoms with E-state index in [1.54, 1.807) is 16.9 Å². The topological polar surface area (TPSA) is 102 Å². The molecule has 1 unspecified atom stereocenters. The monoisotopic (exact) mass is 276 g/mol. The molecule has 3 aromatic heterocycles. The second-order valence-electron chi connectivity index (χ2n) is 4.02. The molecule has 3 heterocycles. The van der Waals surface area contributed by atoms with Crippen LogP contribution in [0.25, 0.3) is 16.3 Å². The Hall–Kier alpha value is -1.90. The molecule has 3 N–H and O–H groups in total. The van der Waals surface area contributed by atoms with Crippen molar-refractivity contribution < 1.29 is 5.11 Å². The minimum Gasteiger partial charge on any atom is -0.396 e. The van der Waals surface area contributed by atoms with Crippen molar-refractivity contribution in [3.05, 3.63) is 29.5 Å². The van der Waals surface area contributed by atoms with Crippen molar-refractivity contribution in [2.24, 2.45) is 5.73 Å². The minimum atomic E-state index is -0.279. The van der Waals surface area contributed by atoms with Gasteiger partial charge in [-0.3, -0.25) is 4.98 Å². The van der Waals surface area contributed by atoms with E-state index in [4.69, 9.17) is 10.8 Å². The molecule has 0 saturated heterocycles. The molecule has 0 bridgehead atoms. The zero-order valence-electron chi connectivity index (χ0n) is 9.97. The third-order valence-corrected chi connectivity index (χ3v) is 3.71. The summed E-state index contributed by atoms with van der Waals surface area (Å²) in [5.41, 5.74) is 6.78. The third-order valence-electron chi connectivity index (χ3n) is 2.68. The van der Waals surface area contributed by atoms with E-state index in [1.165, 1.54) is 11.3 Å². The molecule has 98 valence electrons. The number of pyridine rings is 1. The zero-order chi connectivity index (χ0) is 13.2. The molecule has 7 nitrogen and oxygen atoms in total. The second kappa shape index (κ2) is 5.00. The number of nitrogens with zero attached hydrogens (tertiary/aromatic N) is 5. The Morgan fingerprint density at radius 2 is 2.32 bits per heavy atom. The molecule has 3 rings (SSSR count). The Morgan fingerprint density at radius 3 is 3.05 bits per heavy atom. The summed E-state index contributed by atoms with van der Waals surface area (Å²) in [6, 6.07) is 3.45. The van der Waals surface area contributed by atoms with Crippen LogP contribution in [0.2, 0.25) is 0 Å². The van der Waals surface area contributed by atoms with E-state index >= 15 is 0 Å². The first kappa shape index (κ1) is 12.2. The fourth-order valence-corrected chi connectivity index (χ4v) is 2.59. The molecule has 0 aliphatic heterocycles. The van der Waals surface area contributed by atoms with E-state index in [0.29, 0.717) is 17.2 Å². The lowest BCUT2D eigenvalue weighted by atomic mass is 10.2. The van der Waals surface area contributed by atoms with Crippen molar-refractivity contribution in [1.29, 1.82) is 0 Å². The predicted octanol–water partition coefficient (Wildman–Crippen LogP) is 0.630. The van der Waals surface area contributed by atoms with Crippen LogP contribution in [0.5, 0.6) is 0 Å². The molecule has 0 aromatic carbocycles. The molecule has 19 heavy (non-hydrogen) atoms. The van der Waals surface area contributed by atoms with Crippen LogP contribution in [0.3, 0.4) is 0 Å². The van der Waals surface area contributed by atoms with Gasteiger partial charge in [0, 0.05) is 24.6 Å². The molecule has 3 aromatic rings. The smallest absolute Gasteiger partial charge is 0.235 e. The number of rotatable bonds is 4. The lowest BCUT2D eigenvalue weighted by Gasteiger charge is -2.03. The van der Waals surface area contributed by atoms with Crippen molar-refractivity contribution >= 4 is 16.3 Å². The van der Waals surface area contributed by atoms with Crippen molar-refractivity contribution in [2.45, 2.75) is 12.5 Å². The fourth-order valence-electron chi connectivity index (χ4n) is 1.72. The number of aliphatic hydroxyl groups is 1. The number of hydrogen-bond acceptors (Lipinski definition) is 7. The third kappa shape index (κ3) is 2.21. The van der Waals surface area contributed by atoms with Crippen LogP contribution in [-0.2, 0) is 0 Å². The van der Waals surface area contributed by atoms with Gasteiger partial charge in [-0.2, -0.15) is 9.61 Å². The summed E-state index contributed by atoms with van der Waals surface area (Å²) in [6.07, 6.45) is 3.89. The van der Waals surface area contributed by atoms with Crippen molar-refractivity contribution in [2.75, 3.05) is 6.61 Å².